The number of carbonyl (C=O) groups is 1. The van der Waals surface area contributed by atoms with Gasteiger partial charge in [-0.25, -0.2) is 0 Å². The van der Waals surface area contributed by atoms with Crippen LogP contribution in [0.15, 0.2) is 11.4 Å². The summed E-state index contributed by atoms with van der Waals surface area (Å²) in [5, 5.41) is 17.6. The van der Waals surface area contributed by atoms with E-state index in [9.17, 15) is 4.79 Å². The van der Waals surface area contributed by atoms with Crippen molar-refractivity contribution in [3.8, 4) is 11.8 Å². The molecule has 0 aromatic carbocycles. The zero-order chi connectivity index (χ0) is 15.4. The minimum absolute atomic E-state index is 0.133. The van der Waals surface area contributed by atoms with E-state index in [1.807, 2.05) is 25.6 Å². The molecule has 0 saturated carbocycles. The molecule has 0 saturated heterocycles. The van der Waals surface area contributed by atoms with Gasteiger partial charge in [-0.2, -0.15) is 5.10 Å². The number of aliphatic hydroxyl groups excluding tert-OH is 1. The molecular formula is C15H17N3O2S. The van der Waals surface area contributed by atoms with E-state index in [4.69, 9.17) is 5.11 Å². The van der Waals surface area contributed by atoms with Gasteiger partial charge in [-0.15, -0.1) is 11.3 Å². The second-order valence-electron chi connectivity index (χ2n) is 4.62. The third-order valence-corrected chi connectivity index (χ3v) is 4.08. The van der Waals surface area contributed by atoms with Crippen molar-refractivity contribution in [2.75, 3.05) is 6.61 Å². The Morgan fingerprint density at radius 2 is 2.29 bits per heavy atom. The molecule has 0 aliphatic heterocycles. The minimum atomic E-state index is -0.182. The van der Waals surface area contributed by atoms with E-state index < -0.39 is 0 Å². The average Bonchev–Trinajstić information content (AvgIpc) is 3.01. The van der Waals surface area contributed by atoms with Crippen molar-refractivity contribution < 1.29 is 9.90 Å². The number of amides is 1. The molecule has 1 amide bonds. The Kier molecular flexibility index (Phi) is 4.78. The quantitative estimate of drug-likeness (QED) is 0.842. The summed E-state index contributed by atoms with van der Waals surface area (Å²) in [5.74, 6) is 5.22. The standard InChI is InChI=1S/C15H17N3O2S/c1-10-14(11(2)18(3)17-10)8-16-15(20)12-7-13(21-9-12)5-4-6-19/h7,9,19H,6,8H2,1-3H3,(H,16,20). The maximum absolute atomic E-state index is 12.1. The molecule has 2 aromatic rings. The van der Waals surface area contributed by atoms with E-state index in [1.165, 1.54) is 11.3 Å². The molecule has 0 bridgehead atoms. The predicted octanol–water partition coefficient (Wildman–Crippen LogP) is 1.37. The number of nitrogens with one attached hydrogen (secondary N) is 1. The molecule has 110 valence electrons. The lowest BCUT2D eigenvalue weighted by atomic mass is 10.2. The summed E-state index contributed by atoms with van der Waals surface area (Å²) in [6.07, 6.45) is 0. The van der Waals surface area contributed by atoms with Crippen LogP contribution in [0.5, 0.6) is 0 Å². The monoisotopic (exact) mass is 303 g/mol. The van der Waals surface area contributed by atoms with Crippen molar-refractivity contribution in [3.63, 3.8) is 0 Å². The minimum Gasteiger partial charge on any atom is -0.384 e. The van der Waals surface area contributed by atoms with Gasteiger partial charge in [-0.05, 0) is 19.9 Å². The first-order chi connectivity index (χ1) is 10.0. The van der Waals surface area contributed by atoms with E-state index in [0.717, 1.165) is 21.8 Å². The smallest absolute Gasteiger partial charge is 0.252 e. The van der Waals surface area contributed by atoms with Gasteiger partial charge in [0.2, 0.25) is 0 Å². The van der Waals surface area contributed by atoms with Crippen LogP contribution in [0.2, 0.25) is 0 Å². The third kappa shape index (κ3) is 3.51. The number of rotatable bonds is 3. The summed E-state index contributed by atoms with van der Waals surface area (Å²) in [4.78, 5) is 12.9. The van der Waals surface area contributed by atoms with Crippen LogP contribution in [0.25, 0.3) is 0 Å². The first-order valence-electron chi connectivity index (χ1n) is 6.48. The number of aliphatic hydroxyl groups is 1. The molecule has 0 aliphatic carbocycles. The lowest BCUT2D eigenvalue weighted by Gasteiger charge is -2.04. The number of hydrogen-bond acceptors (Lipinski definition) is 4. The number of aryl methyl sites for hydroxylation is 2. The zero-order valence-electron chi connectivity index (χ0n) is 12.2. The molecule has 0 aliphatic rings. The van der Waals surface area contributed by atoms with Gasteiger partial charge in [0.15, 0.2) is 0 Å². The molecule has 0 fully saturated rings. The molecule has 0 atom stereocenters. The molecule has 0 spiro atoms. The number of aromatic nitrogens is 2. The summed E-state index contributed by atoms with van der Waals surface area (Å²) < 4.78 is 1.81. The number of thiophene rings is 1. The maximum atomic E-state index is 12.1. The topological polar surface area (TPSA) is 67.2 Å². The van der Waals surface area contributed by atoms with Crippen LogP contribution in [0.4, 0.5) is 0 Å². The van der Waals surface area contributed by atoms with E-state index >= 15 is 0 Å². The zero-order valence-corrected chi connectivity index (χ0v) is 13.0. The fourth-order valence-corrected chi connectivity index (χ4v) is 2.75. The summed E-state index contributed by atoms with van der Waals surface area (Å²) in [7, 11) is 1.89. The Balaban J connectivity index is 2.03. The van der Waals surface area contributed by atoms with Gasteiger partial charge in [0, 0.05) is 30.2 Å². The highest BCUT2D eigenvalue weighted by atomic mass is 32.1. The molecule has 2 heterocycles. The van der Waals surface area contributed by atoms with Gasteiger partial charge in [0.05, 0.1) is 16.1 Å². The van der Waals surface area contributed by atoms with Crippen molar-refractivity contribution in [2.24, 2.45) is 7.05 Å². The highest BCUT2D eigenvalue weighted by molar-refractivity contribution is 7.10. The number of nitrogens with zero attached hydrogens (tertiary/aromatic N) is 2. The highest BCUT2D eigenvalue weighted by Gasteiger charge is 2.12. The number of hydrogen-bond donors (Lipinski definition) is 2. The fourth-order valence-electron chi connectivity index (χ4n) is 1.99. The van der Waals surface area contributed by atoms with Gasteiger partial charge in [0.1, 0.15) is 6.61 Å². The van der Waals surface area contributed by atoms with Crippen molar-refractivity contribution in [3.05, 3.63) is 38.8 Å². The second-order valence-corrected chi connectivity index (χ2v) is 5.53. The molecule has 2 N–H and O–H groups in total. The molecule has 6 heteroatoms. The van der Waals surface area contributed by atoms with Crippen LogP contribution >= 0.6 is 11.3 Å². The molecule has 21 heavy (non-hydrogen) atoms. The molecule has 2 aromatic heterocycles. The third-order valence-electron chi connectivity index (χ3n) is 3.24. The Morgan fingerprint density at radius 1 is 1.52 bits per heavy atom. The first-order valence-corrected chi connectivity index (χ1v) is 7.36. The Hall–Kier alpha value is -2.10. The van der Waals surface area contributed by atoms with Crippen LogP contribution in [0.3, 0.4) is 0 Å². The predicted molar refractivity (Wildman–Crippen MR) is 82.1 cm³/mol. The fraction of sp³-hybridized carbons (Fsp3) is 0.333. The molecule has 2 rings (SSSR count). The Bertz CT molecular complexity index is 719. The molecule has 0 unspecified atom stereocenters. The van der Waals surface area contributed by atoms with Gasteiger partial charge in [0.25, 0.3) is 5.91 Å². The van der Waals surface area contributed by atoms with Crippen molar-refractivity contribution in [2.45, 2.75) is 20.4 Å². The van der Waals surface area contributed by atoms with E-state index in [1.54, 1.807) is 11.4 Å². The van der Waals surface area contributed by atoms with E-state index in [2.05, 4.69) is 22.3 Å². The highest BCUT2D eigenvalue weighted by Crippen LogP contribution is 2.15. The van der Waals surface area contributed by atoms with Crippen LogP contribution in [0.1, 0.15) is 32.2 Å². The van der Waals surface area contributed by atoms with Crippen molar-refractivity contribution >= 4 is 17.2 Å². The number of carbonyl (C=O) groups excluding carboxylic acids is 1. The van der Waals surface area contributed by atoms with E-state index in [-0.39, 0.29) is 12.5 Å². The average molecular weight is 303 g/mol. The van der Waals surface area contributed by atoms with Gasteiger partial charge < -0.3 is 10.4 Å². The summed E-state index contributed by atoms with van der Waals surface area (Å²) in [6, 6.07) is 1.73. The first kappa shape index (κ1) is 15.3. The Labute approximate surface area is 127 Å². The summed E-state index contributed by atoms with van der Waals surface area (Å²) in [6.45, 7) is 4.19. The lowest BCUT2D eigenvalue weighted by Crippen LogP contribution is -2.22. The summed E-state index contributed by atoms with van der Waals surface area (Å²) >= 11 is 1.39. The van der Waals surface area contributed by atoms with Crippen LogP contribution in [-0.4, -0.2) is 27.4 Å². The molecule has 5 nitrogen and oxygen atoms in total. The van der Waals surface area contributed by atoms with Crippen LogP contribution in [-0.2, 0) is 13.6 Å². The molecular weight excluding hydrogens is 286 g/mol. The Morgan fingerprint density at radius 3 is 2.90 bits per heavy atom. The largest absolute Gasteiger partial charge is 0.384 e. The van der Waals surface area contributed by atoms with Gasteiger partial charge in [-0.1, -0.05) is 11.8 Å². The SMILES string of the molecule is Cc1nn(C)c(C)c1CNC(=O)c1csc(C#CCO)c1. The normalized spacial score (nSPS) is 10.1. The summed E-state index contributed by atoms with van der Waals surface area (Å²) in [5.41, 5.74) is 3.60. The maximum Gasteiger partial charge on any atom is 0.252 e. The van der Waals surface area contributed by atoms with Crippen LogP contribution in [0, 0.1) is 25.7 Å². The molecule has 0 radical (unpaired) electrons. The lowest BCUT2D eigenvalue weighted by molar-refractivity contribution is 0.0951. The second kappa shape index (κ2) is 6.57. The van der Waals surface area contributed by atoms with Gasteiger partial charge >= 0.3 is 0 Å². The van der Waals surface area contributed by atoms with Crippen molar-refractivity contribution in [1.82, 2.24) is 15.1 Å². The van der Waals surface area contributed by atoms with Gasteiger partial charge in [-0.3, -0.25) is 9.48 Å². The van der Waals surface area contributed by atoms with Crippen molar-refractivity contribution in [1.29, 1.82) is 0 Å². The van der Waals surface area contributed by atoms with Crippen LogP contribution < -0.4 is 5.32 Å². The van der Waals surface area contributed by atoms with E-state index in [0.29, 0.717) is 12.1 Å².